The number of hydrogen-bond donors (Lipinski definition) is 0. The zero-order chi connectivity index (χ0) is 12.1. The van der Waals surface area contributed by atoms with Crippen LogP contribution in [0.3, 0.4) is 0 Å². The minimum atomic E-state index is -0.188. The third-order valence-electron chi connectivity index (χ3n) is 2.17. The second kappa shape index (κ2) is 5.46. The zero-order valence-corrected chi connectivity index (χ0v) is 9.72. The SMILES string of the molecule is O=C(COc1ccccc1)c1cccnc1Cl. The first-order chi connectivity index (χ1) is 8.27. The predicted molar refractivity (Wildman–Crippen MR) is 65.5 cm³/mol. The molecule has 2 aromatic rings. The van der Waals surface area contributed by atoms with Crippen molar-refractivity contribution in [3.05, 3.63) is 59.4 Å². The van der Waals surface area contributed by atoms with Crippen molar-refractivity contribution < 1.29 is 9.53 Å². The van der Waals surface area contributed by atoms with Crippen molar-refractivity contribution in [2.45, 2.75) is 0 Å². The van der Waals surface area contributed by atoms with Gasteiger partial charge in [0.15, 0.2) is 6.61 Å². The van der Waals surface area contributed by atoms with Crippen LogP contribution in [0, 0.1) is 0 Å². The van der Waals surface area contributed by atoms with E-state index in [1.165, 1.54) is 6.20 Å². The Labute approximate surface area is 104 Å². The van der Waals surface area contributed by atoms with Crippen LogP contribution < -0.4 is 4.74 Å². The summed E-state index contributed by atoms with van der Waals surface area (Å²) in [7, 11) is 0. The fraction of sp³-hybridized carbons (Fsp3) is 0.0769. The first kappa shape index (κ1) is 11.6. The second-order valence-corrected chi connectivity index (χ2v) is 3.72. The van der Waals surface area contributed by atoms with E-state index in [9.17, 15) is 4.79 Å². The number of Topliss-reactive ketones (excluding diaryl/α,β-unsaturated/α-hetero) is 1. The van der Waals surface area contributed by atoms with Crippen molar-refractivity contribution in [3.8, 4) is 5.75 Å². The fourth-order valence-corrected chi connectivity index (χ4v) is 1.56. The van der Waals surface area contributed by atoms with Gasteiger partial charge in [-0.25, -0.2) is 4.98 Å². The number of ether oxygens (including phenoxy) is 1. The van der Waals surface area contributed by atoms with E-state index < -0.39 is 0 Å². The second-order valence-electron chi connectivity index (χ2n) is 3.37. The smallest absolute Gasteiger partial charge is 0.203 e. The van der Waals surface area contributed by atoms with Crippen LogP contribution in [0.5, 0.6) is 5.75 Å². The number of benzene rings is 1. The van der Waals surface area contributed by atoms with Crippen LogP contribution in [0.2, 0.25) is 5.15 Å². The highest BCUT2D eigenvalue weighted by Crippen LogP contribution is 2.14. The minimum Gasteiger partial charge on any atom is -0.485 e. The maximum absolute atomic E-state index is 11.8. The van der Waals surface area contributed by atoms with Gasteiger partial charge in [0, 0.05) is 6.20 Å². The van der Waals surface area contributed by atoms with Crippen LogP contribution in [0.4, 0.5) is 0 Å². The molecule has 0 radical (unpaired) electrons. The monoisotopic (exact) mass is 247 g/mol. The molecule has 0 atom stereocenters. The van der Waals surface area contributed by atoms with Gasteiger partial charge < -0.3 is 4.74 Å². The van der Waals surface area contributed by atoms with Crippen LogP contribution in [-0.4, -0.2) is 17.4 Å². The molecule has 86 valence electrons. The summed E-state index contributed by atoms with van der Waals surface area (Å²) >= 11 is 5.81. The van der Waals surface area contributed by atoms with Crippen molar-refractivity contribution in [3.63, 3.8) is 0 Å². The molecule has 0 saturated heterocycles. The molecular formula is C13H10ClNO2. The maximum Gasteiger partial charge on any atom is 0.203 e. The predicted octanol–water partition coefficient (Wildman–Crippen LogP) is 3.00. The lowest BCUT2D eigenvalue weighted by Crippen LogP contribution is -2.12. The molecule has 0 aliphatic heterocycles. The van der Waals surface area contributed by atoms with Crippen molar-refractivity contribution in [1.29, 1.82) is 0 Å². The highest BCUT2D eigenvalue weighted by atomic mass is 35.5. The van der Waals surface area contributed by atoms with Gasteiger partial charge in [0.2, 0.25) is 5.78 Å². The van der Waals surface area contributed by atoms with Crippen LogP contribution in [0.15, 0.2) is 48.7 Å². The molecule has 1 aromatic heterocycles. The van der Waals surface area contributed by atoms with Gasteiger partial charge in [-0.2, -0.15) is 0 Å². The summed E-state index contributed by atoms with van der Waals surface area (Å²) < 4.78 is 5.34. The summed E-state index contributed by atoms with van der Waals surface area (Å²) in [5.41, 5.74) is 0.380. The van der Waals surface area contributed by atoms with Gasteiger partial charge in [0.05, 0.1) is 5.56 Å². The van der Waals surface area contributed by atoms with Gasteiger partial charge in [-0.3, -0.25) is 4.79 Å². The van der Waals surface area contributed by atoms with E-state index in [1.807, 2.05) is 18.2 Å². The highest BCUT2D eigenvalue weighted by Gasteiger charge is 2.11. The lowest BCUT2D eigenvalue weighted by molar-refractivity contribution is 0.0921. The van der Waals surface area contributed by atoms with Gasteiger partial charge in [0.1, 0.15) is 10.9 Å². The van der Waals surface area contributed by atoms with E-state index in [2.05, 4.69) is 4.98 Å². The molecule has 3 nitrogen and oxygen atoms in total. The van der Waals surface area contributed by atoms with Gasteiger partial charge in [-0.05, 0) is 24.3 Å². The van der Waals surface area contributed by atoms with Crippen LogP contribution in [-0.2, 0) is 0 Å². The van der Waals surface area contributed by atoms with E-state index in [0.29, 0.717) is 11.3 Å². The Hall–Kier alpha value is -1.87. The Kier molecular flexibility index (Phi) is 3.73. The fourth-order valence-electron chi connectivity index (χ4n) is 1.34. The largest absolute Gasteiger partial charge is 0.485 e. The number of hydrogen-bond acceptors (Lipinski definition) is 3. The number of rotatable bonds is 4. The lowest BCUT2D eigenvalue weighted by atomic mass is 10.2. The molecule has 1 heterocycles. The zero-order valence-electron chi connectivity index (χ0n) is 8.97. The third kappa shape index (κ3) is 3.04. The molecule has 0 saturated carbocycles. The Bertz CT molecular complexity index is 514. The summed E-state index contributed by atoms with van der Waals surface area (Å²) in [5, 5.41) is 0.203. The number of nitrogens with zero attached hydrogens (tertiary/aromatic N) is 1. The summed E-state index contributed by atoms with van der Waals surface area (Å²) in [6.07, 6.45) is 1.54. The molecule has 4 heteroatoms. The molecule has 0 amide bonds. The van der Waals surface area contributed by atoms with Crippen LogP contribution in [0.25, 0.3) is 0 Å². The number of aromatic nitrogens is 1. The third-order valence-corrected chi connectivity index (χ3v) is 2.47. The van der Waals surface area contributed by atoms with E-state index in [-0.39, 0.29) is 17.5 Å². The Morgan fingerprint density at radius 2 is 1.94 bits per heavy atom. The van der Waals surface area contributed by atoms with Crippen LogP contribution >= 0.6 is 11.6 Å². The Balaban J connectivity index is 2.01. The summed E-state index contributed by atoms with van der Waals surface area (Å²) in [5.74, 6) is 0.466. The molecule has 0 N–H and O–H groups in total. The van der Waals surface area contributed by atoms with E-state index in [0.717, 1.165) is 0 Å². The molecule has 0 unspecified atom stereocenters. The molecule has 0 aliphatic carbocycles. The average molecular weight is 248 g/mol. The summed E-state index contributed by atoms with van der Waals surface area (Å²) in [6, 6.07) is 12.4. The first-order valence-electron chi connectivity index (χ1n) is 5.09. The van der Waals surface area contributed by atoms with Crippen molar-refractivity contribution in [2.75, 3.05) is 6.61 Å². The van der Waals surface area contributed by atoms with E-state index in [4.69, 9.17) is 16.3 Å². The molecule has 0 fully saturated rings. The lowest BCUT2D eigenvalue weighted by Gasteiger charge is -2.05. The Morgan fingerprint density at radius 3 is 2.65 bits per heavy atom. The number of pyridine rings is 1. The number of para-hydroxylation sites is 1. The van der Waals surface area contributed by atoms with Crippen LogP contribution in [0.1, 0.15) is 10.4 Å². The van der Waals surface area contributed by atoms with E-state index >= 15 is 0 Å². The standard InChI is InChI=1S/C13H10ClNO2/c14-13-11(7-4-8-15-13)12(16)9-17-10-5-2-1-3-6-10/h1-8H,9H2. The molecule has 0 aliphatic rings. The normalized spacial score (nSPS) is 9.94. The molecule has 1 aromatic carbocycles. The van der Waals surface area contributed by atoms with E-state index in [1.54, 1.807) is 24.3 Å². The Morgan fingerprint density at radius 1 is 1.18 bits per heavy atom. The van der Waals surface area contributed by atoms with Gasteiger partial charge in [-0.15, -0.1) is 0 Å². The molecule has 2 rings (SSSR count). The topological polar surface area (TPSA) is 39.2 Å². The first-order valence-corrected chi connectivity index (χ1v) is 5.47. The number of carbonyl (C=O) groups excluding carboxylic acids is 1. The van der Waals surface area contributed by atoms with Crippen molar-refractivity contribution in [1.82, 2.24) is 4.98 Å². The van der Waals surface area contributed by atoms with Crippen molar-refractivity contribution in [2.24, 2.45) is 0 Å². The van der Waals surface area contributed by atoms with Gasteiger partial charge in [-0.1, -0.05) is 29.8 Å². The maximum atomic E-state index is 11.8. The summed E-state index contributed by atoms with van der Waals surface area (Å²) in [6.45, 7) is -0.0462. The average Bonchev–Trinajstić information content (AvgIpc) is 2.38. The molecule has 0 spiro atoms. The van der Waals surface area contributed by atoms with Gasteiger partial charge >= 0.3 is 0 Å². The molecule has 0 bridgehead atoms. The highest BCUT2D eigenvalue weighted by molar-refractivity contribution is 6.32. The quantitative estimate of drug-likeness (QED) is 0.616. The summed E-state index contributed by atoms with van der Waals surface area (Å²) in [4.78, 5) is 15.6. The number of ketones is 1. The van der Waals surface area contributed by atoms with Crippen molar-refractivity contribution >= 4 is 17.4 Å². The molecule has 17 heavy (non-hydrogen) atoms. The molecular weight excluding hydrogens is 238 g/mol. The number of carbonyl (C=O) groups is 1. The minimum absolute atomic E-state index is 0.0462. The van der Waals surface area contributed by atoms with Gasteiger partial charge in [0.25, 0.3) is 0 Å². The number of halogens is 1.